The topological polar surface area (TPSA) is 70.8 Å². The van der Waals surface area contributed by atoms with Crippen LogP contribution >= 0.6 is 11.6 Å². The maximum atomic E-state index is 13.2. The number of nitrogens with zero attached hydrogens (tertiary/aromatic N) is 1. The summed E-state index contributed by atoms with van der Waals surface area (Å²) >= 11 is 6.05. The van der Waals surface area contributed by atoms with Crippen LogP contribution in [0.1, 0.15) is 17.4 Å². The molecule has 5 nitrogen and oxygen atoms in total. The fourth-order valence-corrected chi connectivity index (χ4v) is 3.39. The number of aliphatic hydroxyl groups is 1. The van der Waals surface area contributed by atoms with Crippen molar-refractivity contribution in [2.75, 3.05) is 4.90 Å². The van der Waals surface area contributed by atoms with Crippen LogP contribution in [0.3, 0.4) is 0 Å². The van der Waals surface area contributed by atoms with Gasteiger partial charge < -0.3 is 9.52 Å². The number of carbonyl (C=O) groups excluding carboxylic acids is 2. The normalized spacial score (nSPS) is 18.6. The lowest BCUT2D eigenvalue weighted by Crippen LogP contribution is -2.29. The molecule has 1 saturated heterocycles. The smallest absolute Gasteiger partial charge is 0.300 e. The number of amides is 1. The number of halogens is 2. The Hall–Kier alpha value is -3.38. The Kier molecular flexibility index (Phi) is 4.49. The number of hydrogen-bond donors (Lipinski definition) is 1. The fourth-order valence-electron chi connectivity index (χ4n) is 3.20. The Morgan fingerprint density at radius 1 is 1.07 bits per heavy atom. The molecule has 1 fully saturated rings. The molecule has 0 radical (unpaired) electrons. The molecule has 1 aliphatic heterocycles. The first kappa shape index (κ1) is 18.0. The second kappa shape index (κ2) is 6.98. The van der Waals surface area contributed by atoms with Gasteiger partial charge in [0.1, 0.15) is 23.4 Å². The van der Waals surface area contributed by atoms with Crippen LogP contribution < -0.4 is 4.90 Å². The van der Waals surface area contributed by atoms with E-state index in [1.54, 1.807) is 36.4 Å². The predicted octanol–water partition coefficient (Wildman–Crippen LogP) is 4.70. The van der Waals surface area contributed by atoms with E-state index in [1.807, 2.05) is 0 Å². The molecule has 3 aromatic rings. The minimum absolute atomic E-state index is 0.147. The Labute approximate surface area is 164 Å². The van der Waals surface area contributed by atoms with E-state index in [9.17, 15) is 19.1 Å². The molecule has 2 heterocycles. The molecule has 1 unspecified atom stereocenters. The van der Waals surface area contributed by atoms with Crippen LogP contribution in [0, 0.1) is 5.82 Å². The van der Waals surface area contributed by atoms with Crippen molar-refractivity contribution in [1.29, 1.82) is 0 Å². The van der Waals surface area contributed by atoms with Crippen molar-refractivity contribution in [2.45, 2.75) is 6.04 Å². The van der Waals surface area contributed by atoms with Crippen molar-refractivity contribution in [3.63, 3.8) is 0 Å². The minimum Gasteiger partial charge on any atom is -0.507 e. The zero-order chi connectivity index (χ0) is 19.8. The molecule has 0 bridgehead atoms. The largest absolute Gasteiger partial charge is 0.507 e. The molecule has 2 aromatic carbocycles. The summed E-state index contributed by atoms with van der Waals surface area (Å²) in [6, 6.07) is 13.7. The summed E-state index contributed by atoms with van der Waals surface area (Å²) in [6.45, 7) is 0. The number of hydrogen-bond acceptors (Lipinski definition) is 4. The molecule has 1 amide bonds. The van der Waals surface area contributed by atoms with Gasteiger partial charge in [-0.05, 0) is 54.6 Å². The minimum atomic E-state index is -0.987. The molecule has 28 heavy (non-hydrogen) atoms. The Morgan fingerprint density at radius 3 is 2.46 bits per heavy atom. The van der Waals surface area contributed by atoms with Gasteiger partial charge in [-0.25, -0.2) is 4.39 Å². The summed E-state index contributed by atoms with van der Waals surface area (Å²) in [5.74, 6) is -2.30. The first-order chi connectivity index (χ1) is 13.5. The Morgan fingerprint density at radius 2 is 1.82 bits per heavy atom. The fraction of sp³-hybridized carbons (Fsp3) is 0.0476. The van der Waals surface area contributed by atoms with Gasteiger partial charge in [0, 0.05) is 16.3 Å². The van der Waals surface area contributed by atoms with Gasteiger partial charge in [-0.15, -0.1) is 0 Å². The van der Waals surface area contributed by atoms with Crippen LogP contribution in [0.4, 0.5) is 10.1 Å². The Bertz CT molecular complexity index is 1090. The zero-order valence-electron chi connectivity index (χ0n) is 14.3. The van der Waals surface area contributed by atoms with Gasteiger partial charge in [-0.1, -0.05) is 17.7 Å². The highest BCUT2D eigenvalue weighted by Crippen LogP contribution is 2.42. The third kappa shape index (κ3) is 2.97. The van der Waals surface area contributed by atoms with Crippen LogP contribution in [0.15, 0.2) is 76.9 Å². The van der Waals surface area contributed by atoms with Gasteiger partial charge in [0.05, 0.1) is 11.8 Å². The van der Waals surface area contributed by atoms with Crippen LogP contribution in [0.5, 0.6) is 0 Å². The van der Waals surface area contributed by atoms with E-state index >= 15 is 0 Å². The average molecular weight is 398 g/mol. The SMILES string of the molecule is O=C1C(=O)N(c2cccc(Cl)c2)C(c2ccco2)/C1=C(/O)c1ccc(F)cc1. The monoisotopic (exact) mass is 397 g/mol. The number of Topliss-reactive ketones (excluding diaryl/α,β-unsaturated/α-hetero) is 1. The van der Waals surface area contributed by atoms with Crippen LogP contribution in [0.2, 0.25) is 5.02 Å². The number of rotatable bonds is 3. The lowest BCUT2D eigenvalue weighted by molar-refractivity contribution is -0.132. The highest BCUT2D eigenvalue weighted by atomic mass is 35.5. The predicted molar refractivity (Wildman–Crippen MR) is 101 cm³/mol. The zero-order valence-corrected chi connectivity index (χ0v) is 15.1. The van der Waals surface area contributed by atoms with E-state index in [0.717, 1.165) is 12.1 Å². The summed E-state index contributed by atoms with van der Waals surface area (Å²) in [5.41, 5.74) is 0.447. The Balaban J connectivity index is 1.93. The van der Waals surface area contributed by atoms with Gasteiger partial charge >= 0.3 is 0 Å². The number of furan rings is 1. The van der Waals surface area contributed by atoms with Gasteiger partial charge in [0.15, 0.2) is 0 Å². The van der Waals surface area contributed by atoms with Crippen LogP contribution in [-0.4, -0.2) is 16.8 Å². The third-order valence-electron chi connectivity index (χ3n) is 4.46. The molecule has 1 atom stereocenters. The molecule has 1 aromatic heterocycles. The molecule has 140 valence electrons. The second-order valence-corrected chi connectivity index (χ2v) is 6.61. The number of benzene rings is 2. The molecule has 1 N–H and O–H groups in total. The maximum Gasteiger partial charge on any atom is 0.300 e. The highest BCUT2D eigenvalue weighted by Gasteiger charge is 2.48. The van der Waals surface area contributed by atoms with Crippen molar-refractivity contribution >= 4 is 34.7 Å². The number of aliphatic hydroxyl groups excluding tert-OH is 1. The van der Waals surface area contributed by atoms with Crippen molar-refractivity contribution in [2.24, 2.45) is 0 Å². The third-order valence-corrected chi connectivity index (χ3v) is 4.70. The summed E-state index contributed by atoms with van der Waals surface area (Å²) in [6.07, 6.45) is 1.41. The molecule has 0 spiro atoms. The van der Waals surface area contributed by atoms with Crippen LogP contribution in [-0.2, 0) is 9.59 Å². The second-order valence-electron chi connectivity index (χ2n) is 6.17. The standard InChI is InChI=1S/C21H13ClFNO4/c22-13-3-1-4-15(11-13)24-18(16-5-2-10-28-16)17(20(26)21(24)27)19(25)12-6-8-14(23)9-7-12/h1-11,18,25H/b19-17-. The first-order valence-corrected chi connectivity index (χ1v) is 8.71. The molecule has 1 aliphatic rings. The highest BCUT2D eigenvalue weighted by molar-refractivity contribution is 6.51. The van der Waals surface area contributed by atoms with E-state index in [0.29, 0.717) is 16.5 Å². The van der Waals surface area contributed by atoms with E-state index in [4.69, 9.17) is 16.0 Å². The van der Waals surface area contributed by atoms with Gasteiger partial charge in [-0.2, -0.15) is 0 Å². The quantitative estimate of drug-likeness (QED) is 0.395. The lowest BCUT2D eigenvalue weighted by Gasteiger charge is -2.23. The first-order valence-electron chi connectivity index (χ1n) is 8.33. The van der Waals surface area contributed by atoms with E-state index in [2.05, 4.69) is 0 Å². The molecular formula is C21H13ClFNO4. The number of carbonyl (C=O) groups is 2. The summed E-state index contributed by atoms with van der Waals surface area (Å²) in [5, 5.41) is 11.2. The van der Waals surface area contributed by atoms with Crippen molar-refractivity contribution in [3.8, 4) is 0 Å². The summed E-state index contributed by atoms with van der Waals surface area (Å²) in [7, 11) is 0. The van der Waals surface area contributed by atoms with E-state index in [-0.39, 0.29) is 11.1 Å². The molecular weight excluding hydrogens is 385 g/mol. The molecule has 4 rings (SSSR count). The number of ketones is 1. The van der Waals surface area contributed by atoms with E-state index in [1.165, 1.54) is 23.3 Å². The van der Waals surface area contributed by atoms with Gasteiger partial charge in [0.2, 0.25) is 0 Å². The number of anilines is 1. The van der Waals surface area contributed by atoms with E-state index < -0.39 is 29.3 Å². The van der Waals surface area contributed by atoms with Crippen LogP contribution in [0.25, 0.3) is 5.76 Å². The van der Waals surface area contributed by atoms with Gasteiger partial charge in [0.25, 0.3) is 11.7 Å². The lowest BCUT2D eigenvalue weighted by atomic mass is 9.99. The van der Waals surface area contributed by atoms with Crippen molar-refractivity contribution < 1.29 is 23.5 Å². The maximum absolute atomic E-state index is 13.2. The average Bonchev–Trinajstić information content (AvgIpc) is 3.29. The summed E-state index contributed by atoms with van der Waals surface area (Å²) in [4.78, 5) is 26.8. The molecule has 0 saturated carbocycles. The molecule has 0 aliphatic carbocycles. The van der Waals surface area contributed by atoms with Crippen molar-refractivity contribution in [3.05, 3.63) is 94.7 Å². The summed E-state index contributed by atoms with van der Waals surface area (Å²) < 4.78 is 18.7. The van der Waals surface area contributed by atoms with Crippen molar-refractivity contribution in [1.82, 2.24) is 0 Å². The van der Waals surface area contributed by atoms with Gasteiger partial charge in [-0.3, -0.25) is 14.5 Å². The molecule has 7 heteroatoms.